The first-order valence-corrected chi connectivity index (χ1v) is 7.07. The Bertz CT molecular complexity index is 539. The summed E-state index contributed by atoms with van der Waals surface area (Å²) in [7, 11) is 0. The molecule has 20 heavy (non-hydrogen) atoms. The Morgan fingerprint density at radius 2 is 1.45 bits per heavy atom. The fourth-order valence-corrected chi connectivity index (χ4v) is 2.14. The van der Waals surface area contributed by atoms with Gasteiger partial charge in [0.05, 0.1) is 6.61 Å². The summed E-state index contributed by atoms with van der Waals surface area (Å²) in [5.74, 6) is 0.843. The van der Waals surface area contributed by atoms with E-state index in [0.29, 0.717) is 6.61 Å². The molecule has 0 aliphatic heterocycles. The minimum Gasteiger partial charge on any atom is -0.494 e. The highest BCUT2D eigenvalue weighted by molar-refractivity contribution is 5.38. The number of rotatable bonds is 5. The Morgan fingerprint density at radius 1 is 0.950 bits per heavy atom. The van der Waals surface area contributed by atoms with E-state index in [2.05, 4.69) is 6.92 Å². The molecule has 0 saturated carbocycles. The molecule has 0 heterocycles. The first-order valence-electron chi connectivity index (χ1n) is 7.07. The monoisotopic (exact) mass is 270 g/mol. The van der Waals surface area contributed by atoms with E-state index in [0.717, 1.165) is 23.3 Å². The lowest BCUT2D eigenvalue weighted by atomic mass is 9.88. The molecule has 0 fully saturated rings. The summed E-state index contributed by atoms with van der Waals surface area (Å²) in [5.41, 5.74) is 1.96. The lowest BCUT2D eigenvalue weighted by molar-refractivity contribution is 0.102. The molecule has 0 saturated heterocycles. The number of ether oxygens (including phenoxy) is 1. The summed E-state index contributed by atoms with van der Waals surface area (Å²) in [5, 5.41) is 10.8. The number of benzene rings is 2. The zero-order valence-electron chi connectivity index (χ0n) is 12.4. The van der Waals surface area contributed by atoms with Crippen LogP contribution in [0.5, 0.6) is 5.75 Å². The number of aryl methyl sites for hydroxylation is 1. The lowest BCUT2D eigenvalue weighted by Gasteiger charge is -2.25. The highest BCUT2D eigenvalue weighted by Crippen LogP contribution is 2.30. The van der Waals surface area contributed by atoms with Crippen molar-refractivity contribution in [1.82, 2.24) is 0 Å². The van der Waals surface area contributed by atoms with Gasteiger partial charge in [0, 0.05) is 0 Å². The molecule has 106 valence electrons. The molecular weight excluding hydrogens is 248 g/mol. The summed E-state index contributed by atoms with van der Waals surface area (Å²) >= 11 is 0. The highest BCUT2D eigenvalue weighted by atomic mass is 16.5. The van der Waals surface area contributed by atoms with Gasteiger partial charge in [-0.05, 0) is 43.5 Å². The van der Waals surface area contributed by atoms with Crippen LogP contribution in [0.1, 0.15) is 37.0 Å². The SMILES string of the molecule is CCCOc1ccc(C(C)(O)c2ccc(C)cc2)cc1. The second-order valence-electron chi connectivity index (χ2n) is 5.31. The Hall–Kier alpha value is -1.80. The van der Waals surface area contributed by atoms with Crippen LogP contribution < -0.4 is 4.74 Å². The van der Waals surface area contributed by atoms with Gasteiger partial charge in [-0.15, -0.1) is 0 Å². The lowest BCUT2D eigenvalue weighted by Crippen LogP contribution is -2.22. The van der Waals surface area contributed by atoms with Crippen LogP contribution in [0, 0.1) is 6.92 Å². The molecule has 0 aliphatic carbocycles. The topological polar surface area (TPSA) is 29.5 Å². The van der Waals surface area contributed by atoms with Crippen LogP contribution in [0.3, 0.4) is 0 Å². The van der Waals surface area contributed by atoms with Crippen molar-refractivity contribution in [2.45, 2.75) is 32.8 Å². The van der Waals surface area contributed by atoms with Gasteiger partial charge in [0.2, 0.25) is 0 Å². The number of hydrogen-bond acceptors (Lipinski definition) is 2. The number of aliphatic hydroxyl groups is 1. The van der Waals surface area contributed by atoms with E-state index < -0.39 is 5.60 Å². The van der Waals surface area contributed by atoms with E-state index >= 15 is 0 Å². The van der Waals surface area contributed by atoms with Crippen LogP contribution in [0.4, 0.5) is 0 Å². The molecule has 1 N–H and O–H groups in total. The van der Waals surface area contributed by atoms with Crippen molar-refractivity contribution in [1.29, 1.82) is 0 Å². The molecule has 0 amide bonds. The van der Waals surface area contributed by atoms with Gasteiger partial charge in [0.1, 0.15) is 11.4 Å². The maximum atomic E-state index is 10.8. The maximum Gasteiger partial charge on any atom is 0.119 e. The third kappa shape index (κ3) is 3.20. The zero-order chi connectivity index (χ0) is 14.6. The van der Waals surface area contributed by atoms with E-state index in [9.17, 15) is 5.11 Å². The largest absolute Gasteiger partial charge is 0.494 e. The molecule has 2 heteroatoms. The van der Waals surface area contributed by atoms with Crippen molar-refractivity contribution < 1.29 is 9.84 Å². The van der Waals surface area contributed by atoms with E-state index in [4.69, 9.17) is 4.74 Å². The first kappa shape index (κ1) is 14.6. The van der Waals surface area contributed by atoms with Crippen LogP contribution in [0.15, 0.2) is 48.5 Å². The molecule has 2 aromatic carbocycles. The Morgan fingerprint density at radius 3 is 1.95 bits per heavy atom. The summed E-state index contributed by atoms with van der Waals surface area (Å²) < 4.78 is 5.56. The molecule has 0 radical (unpaired) electrons. The zero-order valence-corrected chi connectivity index (χ0v) is 12.4. The Labute approximate surface area is 121 Å². The van der Waals surface area contributed by atoms with Crippen molar-refractivity contribution in [3.63, 3.8) is 0 Å². The van der Waals surface area contributed by atoms with E-state index in [-0.39, 0.29) is 0 Å². The summed E-state index contributed by atoms with van der Waals surface area (Å²) in [6.07, 6.45) is 0.989. The van der Waals surface area contributed by atoms with Gasteiger partial charge in [-0.2, -0.15) is 0 Å². The van der Waals surface area contributed by atoms with Gasteiger partial charge in [0.25, 0.3) is 0 Å². The predicted octanol–water partition coefficient (Wildman–Crippen LogP) is 4.04. The van der Waals surface area contributed by atoms with Gasteiger partial charge >= 0.3 is 0 Å². The van der Waals surface area contributed by atoms with Crippen LogP contribution >= 0.6 is 0 Å². The van der Waals surface area contributed by atoms with E-state index in [1.807, 2.05) is 62.4 Å². The fraction of sp³-hybridized carbons (Fsp3) is 0.333. The minimum atomic E-state index is -0.989. The smallest absolute Gasteiger partial charge is 0.119 e. The summed E-state index contributed by atoms with van der Waals surface area (Å²) in [6, 6.07) is 15.6. The molecule has 2 rings (SSSR count). The second kappa shape index (κ2) is 6.10. The molecule has 2 aromatic rings. The van der Waals surface area contributed by atoms with Crippen molar-refractivity contribution >= 4 is 0 Å². The van der Waals surface area contributed by atoms with Crippen molar-refractivity contribution in [3.8, 4) is 5.75 Å². The molecule has 2 nitrogen and oxygen atoms in total. The quantitative estimate of drug-likeness (QED) is 0.888. The molecule has 0 aliphatic rings. The summed E-state index contributed by atoms with van der Waals surface area (Å²) in [4.78, 5) is 0. The van der Waals surface area contributed by atoms with E-state index in [1.54, 1.807) is 0 Å². The van der Waals surface area contributed by atoms with E-state index in [1.165, 1.54) is 5.56 Å². The average molecular weight is 270 g/mol. The van der Waals surface area contributed by atoms with Crippen LogP contribution in [0.25, 0.3) is 0 Å². The molecule has 1 unspecified atom stereocenters. The molecule has 0 spiro atoms. The fourth-order valence-electron chi connectivity index (χ4n) is 2.14. The summed E-state index contributed by atoms with van der Waals surface area (Å²) in [6.45, 7) is 6.65. The molecular formula is C18H22O2. The standard InChI is InChI=1S/C18H22O2/c1-4-13-20-17-11-9-16(10-12-17)18(3,19)15-7-5-14(2)6-8-15/h5-12,19H,4,13H2,1-3H3. The Balaban J connectivity index is 2.22. The van der Waals surface area contributed by atoms with Gasteiger partial charge in [-0.3, -0.25) is 0 Å². The normalized spacial score (nSPS) is 13.8. The van der Waals surface area contributed by atoms with Crippen LogP contribution in [-0.2, 0) is 5.60 Å². The van der Waals surface area contributed by atoms with Gasteiger partial charge in [-0.1, -0.05) is 48.9 Å². The third-order valence-corrected chi connectivity index (χ3v) is 3.50. The van der Waals surface area contributed by atoms with Crippen molar-refractivity contribution in [2.75, 3.05) is 6.61 Å². The first-order chi connectivity index (χ1) is 9.54. The van der Waals surface area contributed by atoms with Crippen LogP contribution in [0.2, 0.25) is 0 Å². The van der Waals surface area contributed by atoms with Gasteiger partial charge < -0.3 is 9.84 Å². The second-order valence-corrected chi connectivity index (χ2v) is 5.31. The predicted molar refractivity (Wildman–Crippen MR) is 82.1 cm³/mol. The van der Waals surface area contributed by atoms with Gasteiger partial charge in [-0.25, -0.2) is 0 Å². The maximum absolute atomic E-state index is 10.8. The highest BCUT2D eigenvalue weighted by Gasteiger charge is 2.25. The van der Waals surface area contributed by atoms with Gasteiger partial charge in [0.15, 0.2) is 0 Å². The molecule has 1 atom stereocenters. The molecule has 0 aromatic heterocycles. The van der Waals surface area contributed by atoms with Crippen molar-refractivity contribution in [3.05, 3.63) is 65.2 Å². The van der Waals surface area contributed by atoms with Crippen molar-refractivity contribution in [2.24, 2.45) is 0 Å². The third-order valence-electron chi connectivity index (χ3n) is 3.50. The average Bonchev–Trinajstić information content (AvgIpc) is 2.46. The van der Waals surface area contributed by atoms with Crippen LogP contribution in [-0.4, -0.2) is 11.7 Å². The number of hydrogen-bond donors (Lipinski definition) is 1. The molecule has 0 bridgehead atoms. The minimum absolute atomic E-state index is 0.716. The Kier molecular flexibility index (Phi) is 4.46.